The molecule has 1 saturated heterocycles. The number of para-hydroxylation sites is 1. The fraction of sp³-hybridized carbons (Fsp3) is 0.375. The lowest BCUT2D eigenvalue weighted by atomic mass is 9.79. The van der Waals surface area contributed by atoms with Crippen LogP contribution in [0.15, 0.2) is 78.9 Å². The Morgan fingerprint density at radius 1 is 0.895 bits per heavy atom. The normalized spacial score (nSPS) is 26.1. The zero-order valence-corrected chi connectivity index (χ0v) is 21.6. The van der Waals surface area contributed by atoms with Crippen LogP contribution in [0.1, 0.15) is 71.2 Å². The molecule has 1 saturated carbocycles. The number of carbonyl (C=O) groups is 2. The minimum Gasteiger partial charge on any atom is -0.392 e. The summed E-state index contributed by atoms with van der Waals surface area (Å²) in [6.07, 6.45) is 4.55. The largest absolute Gasteiger partial charge is 0.392 e. The van der Waals surface area contributed by atoms with Crippen LogP contribution in [0.2, 0.25) is 0 Å². The number of aliphatic hydroxyl groups excluding tert-OH is 1. The summed E-state index contributed by atoms with van der Waals surface area (Å²) in [6, 6.07) is 25.9. The number of fused-ring (bicyclic) bond motifs is 3. The van der Waals surface area contributed by atoms with Gasteiger partial charge in [-0.3, -0.25) is 9.59 Å². The molecule has 38 heavy (non-hydrogen) atoms. The molecular weight excluding hydrogens is 474 g/mol. The van der Waals surface area contributed by atoms with E-state index in [0.29, 0.717) is 5.56 Å². The molecule has 0 spiro atoms. The predicted molar refractivity (Wildman–Crippen MR) is 147 cm³/mol. The molecular formula is C32H35N3O3. The standard InChI is InChI=1S/C32H35N3O3/c36-20-21-14-16-23(17-15-21)31(37)34-28-13-7-5-11-25(28)32(38)35-19-18-26-29(22-8-2-1-3-9-22)33-27-12-6-4-10-24(27)30(26)35/h1-4,6,8-10,12,14-17,25-26,28-30,33,36H,5,7,11,13,18-20H2,(H,34,37)/t25-,26-,28+,29-,30-/m0/s1. The lowest BCUT2D eigenvalue weighted by Gasteiger charge is -2.42. The highest BCUT2D eigenvalue weighted by atomic mass is 16.3. The number of hydrogen-bond acceptors (Lipinski definition) is 4. The number of aliphatic hydroxyl groups is 1. The van der Waals surface area contributed by atoms with Gasteiger partial charge in [0.05, 0.1) is 24.6 Å². The van der Waals surface area contributed by atoms with Gasteiger partial charge >= 0.3 is 0 Å². The van der Waals surface area contributed by atoms with E-state index in [4.69, 9.17) is 0 Å². The third kappa shape index (κ3) is 4.58. The summed E-state index contributed by atoms with van der Waals surface area (Å²) in [5.74, 6) is 0.0785. The van der Waals surface area contributed by atoms with E-state index in [-0.39, 0.29) is 48.4 Å². The SMILES string of the molecule is O=C(N[C@@H]1CCCC[C@@H]1C(=O)N1CC[C@H]2[C@H](c3ccccc3)Nc3ccccc3[C@@H]21)c1ccc(CO)cc1. The number of nitrogens with zero attached hydrogens (tertiary/aromatic N) is 1. The van der Waals surface area contributed by atoms with Crippen LogP contribution in [-0.4, -0.2) is 34.4 Å². The molecule has 5 atom stereocenters. The topological polar surface area (TPSA) is 81.7 Å². The Morgan fingerprint density at radius 2 is 1.63 bits per heavy atom. The number of carbonyl (C=O) groups excluding carboxylic acids is 2. The van der Waals surface area contributed by atoms with Crippen molar-refractivity contribution in [1.29, 1.82) is 0 Å². The van der Waals surface area contributed by atoms with Crippen molar-refractivity contribution >= 4 is 17.5 Å². The first-order chi connectivity index (χ1) is 18.6. The first kappa shape index (κ1) is 24.7. The van der Waals surface area contributed by atoms with Crippen LogP contribution in [0.5, 0.6) is 0 Å². The smallest absolute Gasteiger partial charge is 0.251 e. The molecule has 2 aliphatic heterocycles. The van der Waals surface area contributed by atoms with Gasteiger partial charge in [0.15, 0.2) is 0 Å². The van der Waals surface area contributed by atoms with Gasteiger partial charge in [0.25, 0.3) is 5.91 Å². The minimum atomic E-state index is -0.222. The van der Waals surface area contributed by atoms with E-state index in [9.17, 15) is 14.7 Å². The molecule has 6 rings (SSSR count). The maximum Gasteiger partial charge on any atom is 0.251 e. The van der Waals surface area contributed by atoms with E-state index < -0.39 is 0 Å². The first-order valence-electron chi connectivity index (χ1n) is 13.9. The summed E-state index contributed by atoms with van der Waals surface area (Å²) in [5.41, 5.74) is 4.87. The van der Waals surface area contributed by atoms with E-state index in [1.165, 1.54) is 11.1 Å². The Hall–Kier alpha value is -3.64. The molecule has 0 aromatic heterocycles. The van der Waals surface area contributed by atoms with Crippen molar-refractivity contribution in [1.82, 2.24) is 10.2 Å². The lowest BCUT2D eigenvalue weighted by molar-refractivity contribution is -0.138. The number of benzene rings is 3. The van der Waals surface area contributed by atoms with Crippen LogP contribution >= 0.6 is 0 Å². The summed E-state index contributed by atoms with van der Waals surface area (Å²) in [4.78, 5) is 29.4. The Kier molecular flexibility index (Phi) is 6.90. The monoisotopic (exact) mass is 509 g/mol. The highest BCUT2D eigenvalue weighted by Crippen LogP contribution is 2.51. The van der Waals surface area contributed by atoms with E-state index in [0.717, 1.165) is 49.9 Å². The summed E-state index contributed by atoms with van der Waals surface area (Å²) in [6.45, 7) is 0.677. The quantitative estimate of drug-likeness (QED) is 0.440. The molecule has 2 amide bonds. The van der Waals surface area contributed by atoms with E-state index in [1.54, 1.807) is 24.3 Å². The van der Waals surface area contributed by atoms with Gasteiger partial charge in [-0.25, -0.2) is 0 Å². The maximum absolute atomic E-state index is 14.2. The summed E-state index contributed by atoms with van der Waals surface area (Å²) in [7, 11) is 0. The fourth-order valence-electron chi connectivity index (χ4n) is 6.79. The fourth-order valence-corrected chi connectivity index (χ4v) is 6.79. The van der Waals surface area contributed by atoms with Gasteiger partial charge in [-0.05, 0) is 54.2 Å². The number of hydrogen-bond donors (Lipinski definition) is 3. The third-order valence-corrected chi connectivity index (χ3v) is 8.70. The number of anilines is 1. The summed E-state index contributed by atoms with van der Waals surface area (Å²) in [5, 5.41) is 16.3. The Labute approximate surface area is 224 Å². The Balaban J connectivity index is 1.25. The van der Waals surface area contributed by atoms with E-state index in [1.807, 2.05) is 6.07 Å². The van der Waals surface area contributed by atoms with E-state index in [2.05, 4.69) is 64.1 Å². The molecule has 2 fully saturated rings. The number of rotatable bonds is 5. The number of amides is 2. The molecule has 0 bridgehead atoms. The molecule has 6 heteroatoms. The summed E-state index contributed by atoms with van der Waals surface area (Å²) >= 11 is 0. The second-order valence-corrected chi connectivity index (χ2v) is 10.9. The van der Waals surface area contributed by atoms with Crippen LogP contribution in [0.25, 0.3) is 0 Å². The molecule has 196 valence electrons. The molecule has 3 aromatic carbocycles. The number of likely N-dealkylation sites (tertiary alicyclic amines) is 1. The molecule has 6 nitrogen and oxygen atoms in total. The van der Waals surface area contributed by atoms with Crippen molar-refractivity contribution in [3.8, 4) is 0 Å². The van der Waals surface area contributed by atoms with Crippen LogP contribution in [0.3, 0.4) is 0 Å². The Bertz CT molecular complexity index is 1290. The second kappa shape index (κ2) is 10.6. The molecule has 0 unspecified atom stereocenters. The maximum atomic E-state index is 14.2. The van der Waals surface area contributed by atoms with Crippen LogP contribution in [0.4, 0.5) is 5.69 Å². The number of nitrogens with one attached hydrogen (secondary N) is 2. The van der Waals surface area contributed by atoms with Gasteiger partial charge in [-0.15, -0.1) is 0 Å². The average molecular weight is 510 g/mol. The Morgan fingerprint density at radius 3 is 2.42 bits per heavy atom. The highest BCUT2D eigenvalue weighted by molar-refractivity contribution is 5.95. The van der Waals surface area contributed by atoms with Gasteiger partial charge in [-0.1, -0.05) is 73.5 Å². The zero-order valence-electron chi connectivity index (χ0n) is 21.6. The minimum absolute atomic E-state index is 0.0226. The average Bonchev–Trinajstić information content (AvgIpc) is 3.43. The molecule has 3 aliphatic rings. The van der Waals surface area contributed by atoms with Gasteiger partial charge in [-0.2, -0.15) is 0 Å². The van der Waals surface area contributed by atoms with Crippen LogP contribution in [0, 0.1) is 11.8 Å². The molecule has 2 heterocycles. The zero-order chi connectivity index (χ0) is 26.1. The third-order valence-electron chi connectivity index (χ3n) is 8.70. The first-order valence-corrected chi connectivity index (χ1v) is 13.9. The van der Waals surface area contributed by atoms with Crippen molar-refractivity contribution < 1.29 is 14.7 Å². The van der Waals surface area contributed by atoms with Crippen molar-refractivity contribution in [3.63, 3.8) is 0 Å². The lowest BCUT2D eigenvalue weighted by Crippen LogP contribution is -2.50. The highest BCUT2D eigenvalue weighted by Gasteiger charge is 2.48. The van der Waals surface area contributed by atoms with Crippen molar-refractivity contribution in [2.75, 3.05) is 11.9 Å². The van der Waals surface area contributed by atoms with Crippen molar-refractivity contribution in [2.24, 2.45) is 11.8 Å². The molecule has 0 radical (unpaired) electrons. The van der Waals surface area contributed by atoms with Crippen molar-refractivity contribution in [2.45, 2.75) is 56.8 Å². The summed E-state index contributed by atoms with van der Waals surface area (Å²) < 4.78 is 0. The van der Waals surface area contributed by atoms with Gasteiger partial charge in [0.2, 0.25) is 5.91 Å². The van der Waals surface area contributed by atoms with E-state index >= 15 is 0 Å². The van der Waals surface area contributed by atoms with Crippen LogP contribution < -0.4 is 10.6 Å². The molecule has 3 aromatic rings. The van der Waals surface area contributed by atoms with Gasteiger partial charge in [0, 0.05) is 29.8 Å². The van der Waals surface area contributed by atoms with Crippen LogP contribution in [-0.2, 0) is 11.4 Å². The molecule has 1 aliphatic carbocycles. The van der Waals surface area contributed by atoms with Gasteiger partial charge < -0.3 is 20.6 Å². The van der Waals surface area contributed by atoms with Gasteiger partial charge in [0.1, 0.15) is 0 Å². The second-order valence-electron chi connectivity index (χ2n) is 10.9. The van der Waals surface area contributed by atoms with Crippen molar-refractivity contribution in [3.05, 3.63) is 101 Å². The molecule has 3 N–H and O–H groups in total. The predicted octanol–water partition coefficient (Wildman–Crippen LogP) is 5.22.